The fourth-order valence-electron chi connectivity index (χ4n) is 11.7. The van der Waals surface area contributed by atoms with Crippen LogP contribution in [-0.4, -0.2) is 34.0 Å². The summed E-state index contributed by atoms with van der Waals surface area (Å²) in [6.45, 7) is 17.7. The Balaban J connectivity index is 1.28. The lowest BCUT2D eigenvalue weighted by Gasteiger charge is -2.71. The van der Waals surface area contributed by atoms with Gasteiger partial charge < -0.3 is 20.1 Å². The van der Waals surface area contributed by atoms with Gasteiger partial charge in [0.05, 0.1) is 12.7 Å². The Hall–Kier alpha value is -2.27. The number of carbonyl (C=O) groups excluding carboxylic acids is 1. The molecule has 5 nitrogen and oxygen atoms in total. The van der Waals surface area contributed by atoms with E-state index in [2.05, 4.69) is 54.5 Å². The molecule has 6 rings (SSSR count). The number of aromatic hydroxyl groups is 2. The summed E-state index contributed by atoms with van der Waals surface area (Å²) in [4.78, 5) is 13.0. The van der Waals surface area contributed by atoms with Crippen molar-refractivity contribution in [2.45, 2.75) is 119 Å². The molecule has 1 aromatic carbocycles. The van der Waals surface area contributed by atoms with Crippen LogP contribution in [-0.2, 0) is 9.53 Å². The van der Waals surface area contributed by atoms with E-state index in [-0.39, 0.29) is 56.1 Å². The monoisotopic (exact) mass is 604 g/mol. The number of phenolic OH excluding ortho intramolecular Hbond substituents is 2. The second kappa shape index (κ2) is 10.4. The Morgan fingerprint density at radius 1 is 0.909 bits per heavy atom. The summed E-state index contributed by atoms with van der Waals surface area (Å²) < 4.78 is 6.06. The maximum atomic E-state index is 13.0. The first-order valence-corrected chi connectivity index (χ1v) is 17.2. The third-order valence-electron chi connectivity index (χ3n) is 14.7. The Kier molecular flexibility index (Phi) is 7.47. The van der Waals surface area contributed by atoms with Gasteiger partial charge in [0, 0.05) is 11.5 Å². The fraction of sp³-hybridized carbons (Fsp3) is 0.718. The number of carbonyl (C=O) groups is 1. The SMILES string of the molecule is CC1(C)CC[C@]2(COC(=O)/C=C/c3ccc(O)c(O)c3)CC[C@]3(C)C(=CC[C@@H]4[C@@]5(C)CC[C@H](O)C(C)(C)[C@@H]5CC[C@]43C)[C@@H]2C1. The summed E-state index contributed by atoms with van der Waals surface area (Å²) in [5, 5.41) is 30.4. The number of esters is 1. The molecule has 0 heterocycles. The van der Waals surface area contributed by atoms with Crippen molar-refractivity contribution in [2.24, 2.45) is 50.2 Å². The minimum Gasteiger partial charge on any atom is -0.504 e. The molecule has 44 heavy (non-hydrogen) atoms. The quantitative estimate of drug-likeness (QED) is 0.138. The normalized spacial score (nSPS) is 42.3. The molecule has 0 amide bonds. The molecule has 0 aliphatic heterocycles. The molecule has 0 radical (unpaired) electrons. The average molecular weight is 605 g/mol. The highest BCUT2D eigenvalue weighted by atomic mass is 16.5. The van der Waals surface area contributed by atoms with Gasteiger partial charge in [0.15, 0.2) is 11.5 Å². The third kappa shape index (κ3) is 4.69. The smallest absolute Gasteiger partial charge is 0.330 e. The summed E-state index contributed by atoms with van der Waals surface area (Å²) in [6, 6.07) is 4.51. The average Bonchev–Trinajstić information content (AvgIpc) is 2.95. The largest absolute Gasteiger partial charge is 0.504 e. The van der Waals surface area contributed by atoms with Crippen LogP contribution in [0, 0.1) is 50.2 Å². The lowest BCUT2D eigenvalue weighted by Crippen LogP contribution is -2.64. The van der Waals surface area contributed by atoms with E-state index >= 15 is 0 Å². The van der Waals surface area contributed by atoms with E-state index in [1.54, 1.807) is 17.7 Å². The topological polar surface area (TPSA) is 87.0 Å². The maximum Gasteiger partial charge on any atom is 0.330 e. The zero-order chi connectivity index (χ0) is 31.9. The van der Waals surface area contributed by atoms with Crippen molar-refractivity contribution in [2.75, 3.05) is 6.61 Å². The molecule has 1 aromatic rings. The Morgan fingerprint density at radius 2 is 1.64 bits per heavy atom. The number of benzene rings is 1. The Labute approximate surface area is 265 Å². The summed E-state index contributed by atoms with van der Waals surface area (Å²) in [7, 11) is 0. The summed E-state index contributed by atoms with van der Waals surface area (Å²) in [5.41, 5.74) is 3.02. The van der Waals surface area contributed by atoms with Gasteiger partial charge in [-0.2, -0.15) is 0 Å². The third-order valence-corrected chi connectivity index (χ3v) is 14.7. The van der Waals surface area contributed by atoms with Crippen LogP contribution in [0.2, 0.25) is 0 Å². The van der Waals surface area contributed by atoms with Crippen LogP contribution < -0.4 is 0 Å². The molecule has 4 saturated carbocycles. The first-order valence-electron chi connectivity index (χ1n) is 17.2. The van der Waals surface area contributed by atoms with E-state index < -0.39 is 0 Å². The minimum atomic E-state index is -0.359. The van der Waals surface area contributed by atoms with E-state index in [4.69, 9.17) is 4.74 Å². The van der Waals surface area contributed by atoms with Crippen molar-refractivity contribution < 1.29 is 24.9 Å². The molecule has 5 aliphatic rings. The second-order valence-electron chi connectivity index (χ2n) is 17.6. The Bertz CT molecular complexity index is 1370. The van der Waals surface area contributed by atoms with Gasteiger partial charge in [-0.05, 0) is 133 Å². The fourth-order valence-corrected chi connectivity index (χ4v) is 11.7. The predicted octanol–water partition coefficient (Wildman–Crippen LogP) is 8.82. The molecule has 0 spiro atoms. The lowest BCUT2D eigenvalue weighted by atomic mass is 9.33. The van der Waals surface area contributed by atoms with Gasteiger partial charge in [0.1, 0.15) is 0 Å². The van der Waals surface area contributed by atoms with Gasteiger partial charge in [-0.3, -0.25) is 0 Å². The van der Waals surface area contributed by atoms with E-state index in [0.717, 1.165) is 51.4 Å². The molecule has 0 aromatic heterocycles. The molecule has 8 atom stereocenters. The van der Waals surface area contributed by atoms with Gasteiger partial charge in [-0.25, -0.2) is 4.79 Å². The van der Waals surface area contributed by atoms with Crippen LogP contribution in [0.25, 0.3) is 6.08 Å². The standard InChI is InChI=1S/C39H56O5/c1-34(2)18-20-39(24-44-33(43)13-9-25-8-11-28(40)29(41)22-25)21-19-37(6)26(27(39)23-34)10-12-31-36(5)16-15-32(42)35(3,4)30(36)14-17-38(31,37)7/h8-11,13,22,27,30-32,40-42H,12,14-21,23-24H2,1-7H3/b13-9+/t27-,30-,31+,32-,36-,37+,38+,39+/m0/s1. The molecule has 242 valence electrons. The zero-order valence-electron chi connectivity index (χ0n) is 28.2. The minimum absolute atomic E-state index is 0.0393. The van der Waals surface area contributed by atoms with Crippen molar-refractivity contribution in [3.63, 3.8) is 0 Å². The molecule has 4 fully saturated rings. The van der Waals surface area contributed by atoms with Gasteiger partial charge in [-0.1, -0.05) is 66.2 Å². The Morgan fingerprint density at radius 3 is 2.36 bits per heavy atom. The summed E-state index contributed by atoms with van der Waals surface area (Å²) >= 11 is 0. The zero-order valence-corrected chi connectivity index (χ0v) is 28.2. The number of hydrogen-bond acceptors (Lipinski definition) is 5. The number of ether oxygens (including phenoxy) is 1. The van der Waals surface area contributed by atoms with Crippen LogP contribution in [0.3, 0.4) is 0 Å². The molecule has 0 bridgehead atoms. The highest BCUT2D eigenvalue weighted by Gasteiger charge is 2.68. The molecular weight excluding hydrogens is 548 g/mol. The van der Waals surface area contributed by atoms with Crippen LogP contribution in [0.5, 0.6) is 11.5 Å². The molecule has 0 saturated heterocycles. The highest BCUT2D eigenvalue weighted by Crippen LogP contribution is 2.75. The molecule has 3 N–H and O–H groups in total. The second-order valence-corrected chi connectivity index (χ2v) is 17.6. The highest BCUT2D eigenvalue weighted by molar-refractivity contribution is 5.87. The first-order chi connectivity index (χ1) is 20.5. The molecule has 5 aliphatic carbocycles. The number of hydrogen-bond donors (Lipinski definition) is 3. The summed E-state index contributed by atoms with van der Waals surface area (Å²) in [6.07, 6.45) is 16.7. The lowest BCUT2D eigenvalue weighted by molar-refractivity contribution is -0.205. The van der Waals surface area contributed by atoms with E-state index in [1.807, 2.05) is 0 Å². The van der Waals surface area contributed by atoms with Crippen LogP contribution in [0.4, 0.5) is 0 Å². The number of rotatable bonds is 4. The van der Waals surface area contributed by atoms with Gasteiger partial charge >= 0.3 is 5.97 Å². The van der Waals surface area contributed by atoms with E-state index in [1.165, 1.54) is 31.1 Å². The number of allylic oxidation sites excluding steroid dienone is 2. The summed E-state index contributed by atoms with van der Waals surface area (Å²) in [5.74, 6) is 0.817. The molecule has 0 unspecified atom stereocenters. The van der Waals surface area contributed by atoms with Gasteiger partial charge in [-0.15, -0.1) is 0 Å². The molecular formula is C39H56O5. The van der Waals surface area contributed by atoms with Crippen molar-refractivity contribution in [3.8, 4) is 11.5 Å². The first kappa shape index (κ1) is 31.7. The van der Waals surface area contributed by atoms with E-state index in [9.17, 15) is 20.1 Å². The number of phenols is 2. The van der Waals surface area contributed by atoms with Crippen LogP contribution in [0.15, 0.2) is 35.9 Å². The number of fused-ring (bicyclic) bond motifs is 7. The van der Waals surface area contributed by atoms with Crippen molar-refractivity contribution in [1.82, 2.24) is 0 Å². The predicted molar refractivity (Wildman–Crippen MR) is 175 cm³/mol. The van der Waals surface area contributed by atoms with Crippen molar-refractivity contribution >= 4 is 12.0 Å². The van der Waals surface area contributed by atoms with Gasteiger partial charge in [0.25, 0.3) is 0 Å². The number of aliphatic hydroxyl groups excluding tert-OH is 1. The number of aliphatic hydroxyl groups is 1. The molecule has 5 heteroatoms. The van der Waals surface area contributed by atoms with Crippen LogP contribution >= 0.6 is 0 Å². The van der Waals surface area contributed by atoms with E-state index in [0.29, 0.717) is 29.9 Å². The van der Waals surface area contributed by atoms with Crippen molar-refractivity contribution in [1.29, 1.82) is 0 Å². The van der Waals surface area contributed by atoms with Crippen molar-refractivity contribution in [3.05, 3.63) is 41.5 Å². The van der Waals surface area contributed by atoms with Crippen LogP contribution in [0.1, 0.15) is 118 Å². The van der Waals surface area contributed by atoms with Gasteiger partial charge in [0.2, 0.25) is 0 Å². The maximum absolute atomic E-state index is 13.0.